The Labute approximate surface area is 116 Å². The van der Waals surface area contributed by atoms with E-state index in [2.05, 4.69) is 0 Å². The molecule has 2 amide bonds. The molecule has 0 saturated carbocycles. The zero-order valence-corrected chi connectivity index (χ0v) is 11.3. The maximum Gasteiger partial charge on any atom is 0.254 e. The van der Waals surface area contributed by atoms with Crippen LogP contribution in [0.5, 0.6) is 5.75 Å². The van der Waals surface area contributed by atoms with Crippen molar-refractivity contribution in [1.82, 2.24) is 4.90 Å². The molecule has 5 heteroatoms. The number of carbonyl (C=O) groups is 2. The highest BCUT2D eigenvalue weighted by atomic mass is 16.5. The SMILES string of the molecule is COc1ccc2c(c1)[C@@H](OC)C[C@@H]2N1C(=O)C=CC1=O. The molecule has 0 unspecified atom stereocenters. The number of fused-ring (bicyclic) bond motifs is 1. The average Bonchev–Trinajstić information content (AvgIpc) is 2.98. The summed E-state index contributed by atoms with van der Waals surface area (Å²) in [6.07, 6.45) is 3.07. The fourth-order valence-corrected chi connectivity index (χ4v) is 2.91. The number of nitrogens with zero attached hydrogens (tertiary/aromatic N) is 1. The number of benzene rings is 1. The minimum atomic E-state index is -0.268. The van der Waals surface area contributed by atoms with Gasteiger partial charge in [-0.1, -0.05) is 6.07 Å². The number of carbonyl (C=O) groups excluding carboxylic acids is 2. The number of methoxy groups -OCH3 is 2. The molecule has 20 heavy (non-hydrogen) atoms. The van der Waals surface area contributed by atoms with Crippen molar-refractivity contribution in [3.63, 3.8) is 0 Å². The molecule has 0 spiro atoms. The third-order valence-electron chi connectivity index (χ3n) is 3.88. The lowest BCUT2D eigenvalue weighted by Crippen LogP contribution is -2.33. The van der Waals surface area contributed by atoms with Crippen molar-refractivity contribution in [3.05, 3.63) is 41.5 Å². The van der Waals surface area contributed by atoms with E-state index in [-0.39, 0.29) is 24.0 Å². The lowest BCUT2D eigenvalue weighted by molar-refractivity contribution is -0.140. The van der Waals surface area contributed by atoms with E-state index >= 15 is 0 Å². The molecule has 1 heterocycles. The van der Waals surface area contributed by atoms with Crippen LogP contribution in [0.3, 0.4) is 0 Å². The van der Waals surface area contributed by atoms with Gasteiger partial charge in [0.2, 0.25) is 0 Å². The molecule has 0 fully saturated rings. The Morgan fingerprint density at radius 3 is 2.40 bits per heavy atom. The van der Waals surface area contributed by atoms with Gasteiger partial charge < -0.3 is 9.47 Å². The van der Waals surface area contributed by atoms with Gasteiger partial charge in [-0.2, -0.15) is 0 Å². The number of rotatable bonds is 3. The van der Waals surface area contributed by atoms with Gasteiger partial charge in [0.15, 0.2) is 0 Å². The van der Waals surface area contributed by atoms with Gasteiger partial charge in [0, 0.05) is 25.7 Å². The zero-order chi connectivity index (χ0) is 14.3. The van der Waals surface area contributed by atoms with Crippen LogP contribution in [0.2, 0.25) is 0 Å². The second kappa shape index (κ2) is 4.76. The predicted molar refractivity (Wildman–Crippen MR) is 71.1 cm³/mol. The minimum Gasteiger partial charge on any atom is -0.497 e. The van der Waals surface area contributed by atoms with Gasteiger partial charge in [-0.15, -0.1) is 0 Å². The highest BCUT2D eigenvalue weighted by Gasteiger charge is 2.40. The summed E-state index contributed by atoms with van der Waals surface area (Å²) in [5.74, 6) is 0.209. The average molecular weight is 273 g/mol. The van der Waals surface area contributed by atoms with Crippen molar-refractivity contribution in [3.8, 4) is 5.75 Å². The first kappa shape index (κ1) is 12.9. The van der Waals surface area contributed by atoms with Gasteiger partial charge in [-0.25, -0.2) is 0 Å². The summed E-state index contributed by atoms with van der Waals surface area (Å²) in [5, 5.41) is 0. The molecule has 0 bridgehead atoms. The van der Waals surface area contributed by atoms with E-state index < -0.39 is 0 Å². The summed E-state index contributed by atoms with van der Waals surface area (Å²) < 4.78 is 10.7. The molecule has 1 aliphatic heterocycles. The minimum absolute atomic E-state index is 0.133. The first-order valence-corrected chi connectivity index (χ1v) is 6.41. The summed E-state index contributed by atoms with van der Waals surface area (Å²) in [4.78, 5) is 25.0. The molecule has 2 aliphatic rings. The lowest BCUT2D eigenvalue weighted by Gasteiger charge is -2.23. The standard InChI is InChI=1S/C15H15NO4/c1-19-9-3-4-10-11(7-9)13(20-2)8-12(10)16-14(17)5-6-15(16)18/h3-7,12-13H,8H2,1-2H3/t12-,13-/m0/s1. The van der Waals surface area contributed by atoms with Crippen LogP contribution in [0.1, 0.15) is 29.7 Å². The van der Waals surface area contributed by atoms with Gasteiger partial charge in [0.1, 0.15) is 5.75 Å². The predicted octanol–water partition coefficient (Wildman–Crippen LogP) is 1.75. The topological polar surface area (TPSA) is 55.8 Å². The lowest BCUT2D eigenvalue weighted by atomic mass is 10.1. The Kier molecular flexibility index (Phi) is 3.06. The van der Waals surface area contributed by atoms with Crippen molar-refractivity contribution in [2.24, 2.45) is 0 Å². The van der Waals surface area contributed by atoms with Crippen molar-refractivity contribution in [2.75, 3.05) is 14.2 Å². The van der Waals surface area contributed by atoms with E-state index in [1.54, 1.807) is 14.2 Å². The Morgan fingerprint density at radius 2 is 1.80 bits per heavy atom. The summed E-state index contributed by atoms with van der Waals surface area (Å²) in [5.41, 5.74) is 1.92. The van der Waals surface area contributed by atoms with Gasteiger partial charge in [0.25, 0.3) is 11.8 Å². The van der Waals surface area contributed by atoms with E-state index in [0.29, 0.717) is 6.42 Å². The number of ether oxygens (including phenoxy) is 2. The normalized spacial score (nSPS) is 24.4. The van der Waals surface area contributed by atoms with Crippen LogP contribution in [-0.2, 0) is 14.3 Å². The molecule has 5 nitrogen and oxygen atoms in total. The number of amides is 2. The summed E-state index contributed by atoms with van der Waals surface area (Å²) in [7, 11) is 3.23. The van der Waals surface area contributed by atoms with Crippen LogP contribution in [0.4, 0.5) is 0 Å². The fourth-order valence-electron chi connectivity index (χ4n) is 2.91. The smallest absolute Gasteiger partial charge is 0.254 e. The molecule has 0 saturated heterocycles. The van der Waals surface area contributed by atoms with Crippen LogP contribution < -0.4 is 4.74 Å². The van der Waals surface area contributed by atoms with Gasteiger partial charge in [-0.3, -0.25) is 14.5 Å². The largest absolute Gasteiger partial charge is 0.497 e. The Morgan fingerprint density at radius 1 is 1.10 bits per heavy atom. The maximum atomic E-state index is 11.9. The molecule has 1 aromatic rings. The van der Waals surface area contributed by atoms with Gasteiger partial charge >= 0.3 is 0 Å². The summed E-state index contributed by atoms with van der Waals surface area (Å²) >= 11 is 0. The van der Waals surface area contributed by atoms with E-state index in [0.717, 1.165) is 16.9 Å². The van der Waals surface area contributed by atoms with Crippen LogP contribution in [-0.4, -0.2) is 30.9 Å². The molecule has 3 rings (SSSR count). The Balaban J connectivity index is 2.01. The van der Waals surface area contributed by atoms with E-state index in [9.17, 15) is 9.59 Å². The second-order valence-corrected chi connectivity index (χ2v) is 4.85. The Hall–Kier alpha value is -2.14. The quantitative estimate of drug-likeness (QED) is 0.787. The van der Waals surface area contributed by atoms with E-state index in [1.165, 1.54) is 17.1 Å². The molecule has 0 radical (unpaired) electrons. The molecule has 1 aliphatic carbocycles. The second-order valence-electron chi connectivity index (χ2n) is 4.85. The molecule has 104 valence electrons. The van der Waals surface area contributed by atoms with Crippen LogP contribution >= 0.6 is 0 Å². The highest BCUT2D eigenvalue weighted by molar-refractivity contribution is 6.13. The van der Waals surface area contributed by atoms with Gasteiger partial charge in [0.05, 0.1) is 19.3 Å². The van der Waals surface area contributed by atoms with E-state index in [4.69, 9.17) is 9.47 Å². The van der Waals surface area contributed by atoms with Gasteiger partial charge in [-0.05, 0) is 23.3 Å². The molecular weight excluding hydrogens is 258 g/mol. The van der Waals surface area contributed by atoms with E-state index in [1.807, 2.05) is 18.2 Å². The molecular formula is C15H15NO4. The molecule has 2 atom stereocenters. The monoisotopic (exact) mass is 273 g/mol. The molecule has 1 aromatic carbocycles. The number of imide groups is 1. The third-order valence-corrected chi connectivity index (χ3v) is 3.88. The highest BCUT2D eigenvalue weighted by Crippen LogP contribution is 2.45. The van der Waals surface area contributed by atoms with Crippen molar-refractivity contribution in [2.45, 2.75) is 18.6 Å². The Bertz CT molecular complexity index is 590. The summed E-state index contributed by atoms with van der Waals surface area (Å²) in [6.45, 7) is 0. The number of hydrogen-bond acceptors (Lipinski definition) is 4. The number of hydrogen-bond donors (Lipinski definition) is 0. The summed E-state index contributed by atoms with van der Waals surface area (Å²) in [6, 6.07) is 5.37. The maximum absolute atomic E-state index is 11.9. The van der Waals surface area contributed by atoms with Crippen LogP contribution in [0.25, 0.3) is 0 Å². The first-order valence-electron chi connectivity index (χ1n) is 6.41. The fraction of sp³-hybridized carbons (Fsp3) is 0.333. The third kappa shape index (κ3) is 1.82. The zero-order valence-electron chi connectivity index (χ0n) is 11.3. The van der Waals surface area contributed by atoms with Crippen molar-refractivity contribution < 1.29 is 19.1 Å². The van der Waals surface area contributed by atoms with Crippen LogP contribution in [0, 0.1) is 0 Å². The van der Waals surface area contributed by atoms with Crippen molar-refractivity contribution in [1.29, 1.82) is 0 Å². The molecule has 0 aromatic heterocycles. The van der Waals surface area contributed by atoms with Crippen molar-refractivity contribution >= 4 is 11.8 Å². The first-order chi connectivity index (χ1) is 9.65. The molecule has 0 N–H and O–H groups in total. The van der Waals surface area contributed by atoms with Crippen LogP contribution in [0.15, 0.2) is 30.4 Å².